The maximum atomic E-state index is 12.9. The molecule has 0 aliphatic carbocycles. The third kappa shape index (κ3) is 3.78. The molecule has 2 heterocycles. The predicted octanol–water partition coefficient (Wildman–Crippen LogP) is 2.93. The maximum Gasteiger partial charge on any atom is 0.415 e. The van der Waals surface area contributed by atoms with Crippen molar-refractivity contribution in [2.75, 3.05) is 44.8 Å². The molecule has 2 saturated heterocycles. The monoisotopic (exact) mass is 344 g/mol. The van der Waals surface area contributed by atoms with Crippen molar-refractivity contribution in [2.45, 2.75) is 31.2 Å². The van der Waals surface area contributed by atoms with Gasteiger partial charge in [0.15, 0.2) is 6.10 Å². The van der Waals surface area contributed by atoms with Crippen molar-refractivity contribution < 1.29 is 22.6 Å². The predicted molar refractivity (Wildman–Crippen MR) is 85.6 cm³/mol. The summed E-state index contributed by atoms with van der Waals surface area (Å²) < 4.78 is 48.9. The Labute approximate surface area is 140 Å². The van der Waals surface area contributed by atoms with Gasteiger partial charge in [-0.2, -0.15) is 13.2 Å². The van der Waals surface area contributed by atoms with E-state index < -0.39 is 12.3 Å². The first kappa shape index (κ1) is 17.4. The van der Waals surface area contributed by atoms with Crippen LogP contribution in [0.5, 0.6) is 5.75 Å². The van der Waals surface area contributed by atoms with Crippen LogP contribution in [-0.2, 0) is 4.74 Å². The highest BCUT2D eigenvalue weighted by Gasteiger charge is 2.44. The van der Waals surface area contributed by atoms with Crippen molar-refractivity contribution in [1.29, 1.82) is 0 Å². The second-order valence-electron chi connectivity index (χ2n) is 6.29. The molecule has 1 aromatic rings. The summed E-state index contributed by atoms with van der Waals surface area (Å²) in [4.78, 5) is 4.19. The topological polar surface area (TPSA) is 24.9 Å². The fourth-order valence-electron chi connectivity index (χ4n) is 3.56. The fraction of sp³-hybridized carbons (Fsp3) is 0.647. The van der Waals surface area contributed by atoms with Crippen molar-refractivity contribution in [3.63, 3.8) is 0 Å². The minimum atomic E-state index is -4.28. The molecule has 7 heteroatoms. The number of benzene rings is 1. The van der Waals surface area contributed by atoms with Crippen LogP contribution in [0.4, 0.5) is 18.9 Å². The summed E-state index contributed by atoms with van der Waals surface area (Å²) in [5.41, 5.74) is 1.05. The summed E-state index contributed by atoms with van der Waals surface area (Å²) in [5.74, 6) is 0.833. The highest BCUT2D eigenvalue weighted by atomic mass is 19.4. The minimum absolute atomic E-state index is 0.0528. The Hall–Kier alpha value is -1.47. The molecule has 0 radical (unpaired) electrons. The van der Waals surface area contributed by atoms with Gasteiger partial charge in [-0.15, -0.1) is 0 Å². The molecule has 2 aliphatic rings. The third-order valence-corrected chi connectivity index (χ3v) is 4.87. The zero-order valence-electron chi connectivity index (χ0n) is 13.8. The number of nitrogens with zero attached hydrogens (tertiary/aromatic N) is 2. The minimum Gasteiger partial charge on any atom is -0.495 e. The Balaban J connectivity index is 1.59. The van der Waals surface area contributed by atoms with Gasteiger partial charge >= 0.3 is 6.18 Å². The van der Waals surface area contributed by atoms with E-state index in [1.54, 1.807) is 7.11 Å². The molecule has 24 heavy (non-hydrogen) atoms. The van der Waals surface area contributed by atoms with Crippen LogP contribution in [-0.4, -0.2) is 63.1 Å². The summed E-state index contributed by atoms with van der Waals surface area (Å²) in [6.45, 7) is 2.31. The number of halogens is 3. The van der Waals surface area contributed by atoms with Crippen LogP contribution in [0, 0.1) is 0 Å². The number of rotatable bonds is 3. The van der Waals surface area contributed by atoms with Gasteiger partial charge < -0.3 is 14.4 Å². The van der Waals surface area contributed by atoms with Gasteiger partial charge in [0.1, 0.15) is 5.75 Å². The lowest BCUT2D eigenvalue weighted by molar-refractivity contribution is -0.239. The van der Waals surface area contributed by atoms with Crippen molar-refractivity contribution in [1.82, 2.24) is 4.90 Å². The molecule has 2 aliphatic heterocycles. The molecule has 0 saturated carbocycles. The number of hydrogen-bond acceptors (Lipinski definition) is 4. The van der Waals surface area contributed by atoms with Crippen LogP contribution in [0.25, 0.3) is 0 Å². The van der Waals surface area contributed by atoms with Crippen LogP contribution in [0.1, 0.15) is 12.8 Å². The Morgan fingerprint density at radius 1 is 1.12 bits per heavy atom. The van der Waals surface area contributed by atoms with Gasteiger partial charge in [-0.1, -0.05) is 12.1 Å². The summed E-state index contributed by atoms with van der Waals surface area (Å²) in [5, 5.41) is 0. The molecule has 134 valence electrons. The Morgan fingerprint density at radius 3 is 2.50 bits per heavy atom. The number of alkyl halides is 3. The second kappa shape index (κ2) is 7.19. The molecule has 0 amide bonds. The normalized spacial score (nSPS) is 24.2. The van der Waals surface area contributed by atoms with Gasteiger partial charge in [0.2, 0.25) is 0 Å². The quantitative estimate of drug-likeness (QED) is 0.842. The molecule has 0 bridgehead atoms. The molecule has 0 unspecified atom stereocenters. The molecular formula is C17H23F3N2O2. The molecule has 1 aromatic carbocycles. The molecule has 3 rings (SSSR count). The zero-order valence-corrected chi connectivity index (χ0v) is 13.8. The lowest BCUT2D eigenvalue weighted by atomic mass is 10.0. The number of ether oxygens (including phenoxy) is 2. The molecule has 0 N–H and O–H groups in total. The van der Waals surface area contributed by atoms with Crippen LogP contribution >= 0.6 is 0 Å². The van der Waals surface area contributed by atoms with E-state index in [9.17, 15) is 13.2 Å². The van der Waals surface area contributed by atoms with Gasteiger partial charge in [-0.25, -0.2) is 0 Å². The van der Waals surface area contributed by atoms with E-state index in [1.165, 1.54) is 0 Å². The van der Waals surface area contributed by atoms with Gasteiger partial charge in [0.25, 0.3) is 0 Å². The average molecular weight is 344 g/mol. The maximum absolute atomic E-state index is 12.9. The van der Waals surface area contributed by atoms with Crippen molar-refractivity contribution in [2.24, 2.45) is 0 Å². The largest absolute Gasteiger partial charge is 0.495 e. The lowest BCUT2D eigenvalue weighted by Crippen LogP contribution is -2.54. The van der Waals surface area contributed by atoms with Gasteiger partial charge in [-0.05, 0) is 25.0 Å². The summed E-state index contributed by atoms with van der Waals surface area (Å²) in [7, 11) is 1.65. The number of hydrogen-bond donors (Lipinski definition) is 0. The van der Waals surface area contributed by atoms with Crippen molar-refractivity contribution in [3.05, 3.63) is 24.3 Å². The van der Waals surface area contributed by atoms with E-state index in [0.717, 1.165) is 37.4 Å². The summed E-state index contributed by atoms with van der Waals surface area (Å²) in [6.07, 6.45) is -4.24. The number of anilines is 1. The van der Waals surface area contributed by atoms with E-state index in [-0.39, 0.29) is 19.2 Å². The summed E-state index contributed by atoms with van der Waals surface area (Å²) in [6, 6.07) is 8.04. The Morgan fingerprint density at radius 2 is 1.83 bits per heavy atom. The summed E-state index contributed by atoms with van der Waals surface area (Å²) >= 11 is 0. The third-order valence-electron chi connectivity index (χ3n) is 4.87. The molecule has 1 atom stereocenters. The first-order valence-electron chi connectivity index (χ1n) is 8.29. The lowest BCUT2D eigenvalue weighted by Gasteiger charge is -2.43. The van der Waals surface area contributed by atoms with Crippen LogP contribution in [0.15, 0.2) is 24.3 Å². The van der Waals surface area contributed by atoms with E-state index in [2.05, 4.69) is 4.90 Å². The average Bonchev–Trinajstić information content (AvgIpc) is 2.61. The van der Waals surface area contributed by atoms with E-state index >= 15 is 0 Å². The van der Waals surface area contributed by atoms with Gasteiger partial charge in [-0.3, -0.25) is 4.90 Å². The Kier molecular flexibility index (Phi) is 5.20. The number of methoxy groups -OCH3 is 1. The standard InChI is InChI=1S/C17H23F3N2O2/c1-23-15-5-3-2-4-14(15)21-8-6-13(7-9-21)22-10-11-24-16(12-22)17(18,19)20/h2-5,13,16H,6-12H2,1H3/t16-/m0/s1. The van der Waals surface area contributed by atoms with Crippen LogP contribution in [0.3, 0.4) is 0 Å². The van der Waals surface area contributed by atoms with Crippen molar-refractivity contribution >= 4 is 5.69 Å². The molecule has 4 nitrogen and oxygen atoms in total. The zero-order chi connectivity index (χ0) is 17.2. The highest BCUT2D eigenvalue weighted by Crippen LogP contribution is 2.32. The first-order chi connectivity index (χ1) is 11.5. The number of piperidine rings is 1. The molecular weight excluding hydrogens is 321 g/mol. The molecule has 0 spiro atoms. The number of morpholine rings is 1. The van der Waals surface area contributed by atoms with E-state index in [1.807, 2.05) is 29.2 Å². The SMILES string of the molecule is COc1ccccc1N1CCC(N2CCO[C@H](C(F)(F)F)C2)CC1. The smallest absolute Gasteiger partial charge is 0.415 e. The second-order valence-corrected chi connectivity index (χ2v) is 6.29. The van der Waals surface area contributed by atoms with Crippen LogP contribution in [0.2, 0.25) is 0 Å². The number of para-hydroxylation sites is 2. The van der Waals surface area contributed by atoms with Gasteiger partial charge in [0, 0.05) is 32.2 Å². The Bertz CT molecular complexity index is 545. The molecule has 2 fully saturated rings. The van der Waals surface area contributed by atoms with Crippen molar-refractivity contribution in [3.8, 4) is 5.75 Å². The highest BCUT2D eigenvalue weighted by molar-refractivity contribution is 5.58. The van der Waals surface area contributed by atoms with E-state index in [4.69, 9.17) is 9.47 Å². The fourth-order valence-corrected chi connectivity index (χ4v) is 3.56. The van der Waals surface area contributed by atoms with Crippen LogP contribution < -0.4 is 9.64 Å². The molecule has 0 aromatic heterocycles. The van der Waals surface area contributed by atoms with E-state index in [0.29, 0.717) is 6.54 Å². The first-order valence-corrected chi connectivity index (χ1v) is 8.29. The van der Waals surface area contributed by atoms with Gasteiger partial charge in [0.05, 0.1) is 19.4 Å².